The molecule has 3 nitrogen and oxygen atoms in total. The number of hydrogen-bond donors (Lipinski definition) is 2. The van der Waals surface area contributed by atoms with E-state index < -0.39 is 0 Å². The van der Waals surface area contributed by atoms with Gasteiger partial charge >= 0.3 is 0 Å². The van der Waals surface area contributed by atoms with Crippen molar-refractivity contribution in [2.75, 3.05) is 11.1 Å². The van der Waals surface area contributed by atoms with Crippen LogP contribution in [0.3, 0.4) is 0 Å². The van der Waals surface area contributed by atoms with Crippen molar-refractivity contribution in [3.8, 4) is 0 Å². The number of fused-ring (bicyclic) bond motifs is 1. The van der Waals surface area contributed by atoms with E-state index in [0.717, 1.165) is 10.9 Å². The monoisotopic (exact) mass is 287 g/mol. The Morgan fingerprint density at radius 2 is 1.95 bits per heavy atom. The number of aromatic nitrogens is 1. The van der Waals surface area contributed by atoms with E-state index in [1.165, 1.54) is 18.2 Å². The molecule has 0 aliphatic carbocycles. The minimum Gasteiger partial charge on any atom is -0.396 e. The van der Waals surface area contributed by atoms with Gasteiger partial charge in [-0.1, -0.05) is 11.6 Å². The van der Waals surface area contributed by atoms with Gasteiger partial charge in [-0.3, -0.25) is 4.98 Å². The second-order valence-corrected chi connectivity index (χ2v) is 4.78. The molecule has 1 aromatic heterocycles. The van der Waals surface area contributed by atoms with Crippen LogP contribution in [0.1, 0.15) is 0 Å². The molecule has 3 aromatic rings. The highest BCUT2D eigenvalue weighted by molar-refractivity contribution is 6.30. The van der Waals surface area contributed by atoms with Crippen LogP contribution < -0.4 is 11.1 Å². The van der Waals surface area contributed by atoms with E-state index in [9.17, 15) is 4.39 Å². The molecule has 2 aromatic carbocycles. The molecule has 3 N–H and O–H groups in total. The molecule has 0 atom stereocenters. The average Bonchev–Trinajstić information content (AvgIpc) is 2.46. The fourth-order valence-electron chi connectivity index (χ4n) is 2.02. The van der Waals surface area contributed by atoms with Crippen LogP contribution in [0.4, 0.5) is 21.5 Å². The highest BCUT2D eigenvalue weighted by Gasteiger charge is 2.08. The summed E-state index contributed by atoms with van der Waals surface area (Å²) in [6.07, 6.45) is 1.70. The molecule has 0 bridgehead atoms. The lowest BCUT2D eigenvalue weighted by molar-refractivity contribution is 0.632. The van der Waals surface area contributed by atoms with Crippen molar-refractivity contribution in [1.82, 2.24) is 4.98 Å². The largest absolute Gasteiger partial charge is 0.396 e. The van der Waals surface area contributed by atoms with Crippen LogP contribution in [0, 0.1) is 5.82 Å². The average molecular weight is 288 g/mol. The third-order valence-electron chi connectivity index (χ3n) is 3.02. The number of pyridine rings is 1. The van der Waals surface area contributed by atoms with E-state index in [0.29, 0.717) is 16.4 Å². The molecule has 100 valence electrons. The summed E-state index contributed by atoms with van der Waals surface area (Å²) in [7, 11) is 0. The molecular formula is C15H11ClFN3. The van der Waals surface area contributed by atoms with Crippen molar-refractivity contribution >= 4 is 39.6 Å². The minimum atomic E-state index is -0.389. The van der Waals surface area contributed by atoms with E-state index in [4.69, 9.17) is 17.3 Å². The third kappa shape index (κ3) is 2.26. The third-order valence-corrected chi connectivity index (χ3v) is 3.26. The molecule has 0 aliphatic rings. The Hall–Kier alpha value is -2.33. The van der Waals surface area contributed by atoms with Crippen molar-refractivity contribution in [3.05, 3.63) is 59.5 Å². The molecule has 0 fully saturated rings. The zero-order valence-electron chi connectivity index (χ0n) is 10.4. The molecule has 20 heavy (non-hydrogen) atoms. The Bertz CT molecular complexity index is 789. The maximum atomic E-state index is 13.7. The number of hydrogen-bond acceptors (Lipinski definition) is 3. The molecule has 0 spiro atoms. The second kappa shape index (κ2) is 4.98. The molecule has 5 heteroatoms. The molecular weight excluding hydrogens is 277 g/mol. The first kappa shape index (κ1) is 12.7. The SMILES string of the molecule is Nc1c(Nc2cc(Cl)ccc2F)ccc2ncccc12. The molecule has 3 rings (SSSR count). The quantitative estimate of drug-likeness (QED) is 0.689. The van der Waals surface area contributed by atoms with Crippen molar-refractivity contribution in [3.63, 3.8) is 0 Å². The first-order chi connectivity index (χ1) is 9.65. The van der Waals surface area contributed by atoms with Crippen LogP contribution in [0.5, 0.6) is 0 Å². The minimum absolute atomic E-state index is 0.285. The summed E-state index contributed by atoms with van der Waals surface area (Å²) >= 11 is 5.87. The maximum absolute atomic E-state index is 13.7. The zero-order chi connectivity index (χ0) is 14.1. The standard InChI is InChI=1S/C15H11ClFN3/c16-9-3-4-11(17)14(8-9)20-13-6-5-12-10(15(13)18)2-1-7-19-12/h1-8,20H,18H2. The van der Waals surface area contributed by atoms with Gasteiger partial charge < -0.3 is 11.1 Å². The van der Waals surface area contributed by atoms with Gasteiger partial charge in [0.15, 0.2) is 0 Å². The lowest BCUT2D eigenvalue weighted by Gasteiger charge is -2.12. The maximum Gasteiger partial charge on any atom is 0.146 e. The van der Waals surface area contributed by atoms with Gasteiger partial charge in [-0.15, -0.1) is 0 Å². The number of benzene rings is 2. The highest BCUT2D eigenvalue weighted by atomic mass is 35.5. The smallest absolute Gasteiger partial charge is 0.146 e. The Balaban J connectivity index is 2.07. The predicted octanol–water partition coefficient (Wildman–Crippen LogP) is 4.35. The number of nitrogens with zero attached hydrogens (tertiary/aromatic N) is 1. The van der Waals surface area contributed by atoms with Gasteiger partial charge in [0.2, 0.25) is 0 Å². The van der Waals surface area contributed by atoms with Crippen molar-refractivity contribution < 1.29 is 4.39 Å². The van der Waals surface area contributed by atoms with Gasteiger partial charge in [-0.05, 0) is 42.5 Å². The summed E-state index contributed by atoms with van der Waals surface area (Å²) in [5.74, 6) is -0.389. The summed E-state index contributed by atoms with van der Waals surface area (Å²) < 4.78 is 13.7. The van der Waals surface area contributed by atoms with Crippen LogP contribution in [0.15, 0.2) is 48.7 Å². The number of nitrogens with two attached hydrogens (primary N) is 1. The van der Waals surface area contributed by atoms with Gasteiger partial charge in [-0.2, -0.15) is 0 Å². The Morgan fingerprint density at radius 1 is 1.10 bits per heavy atom. The second-order valence-electron chi connectivity index (χ2n) is 4.35. The molecule has 0 radical (unpaired) electrons. The van der Waals surface area contributed by atoms with Crippen molar-refractivity contribution in [1.29, 1.82) is 0 Å². The summed E-state index contributed by atoms with van der Waals surface area (Å²) in [6, 6.07) is 11.6. The number of rotatable bonds is 2. The van der Waals surface area contributed by atoms with Gasteiger partial charge in [-0.25, -0.2) is 4.39 Å². The normalized spacial score (nSPS) is 10.7. The summed E-state index contributed by atoms with van der Waals surface area (Å²) in [5, 5.41) is 4.23. The van der Waals surface area contributed by atoms with Crippen molar-refractivity contribution in [2.24, 2.45) is 0 Å². The molecule has 0 unspecified atom stereocenters. The van der Waals surface area contributed by atoms with Crippen LogP contribution in [-0.4, -0.2) is 4.98 Å². The van der Waals surface area contributed by atoms with Gasteiger partial charge in [0, 0.05) is 16.6 Å². The van der Waals surface area contributed by atoms with E-state index in [2.05, 4.69) is 10.3 Å². The lowest BCUT2D eigenvalue weighted by atomic mass is 10.1. The number of nitrogen functional groups attached to an aromatic ring is 1. The number of nitrogens with one attached hydrogen (secondary N) is 1. The summed E-state index contributed by atoms with van der Waals surface area (Å²) in [4.78, 5) is 4.22. The summed E-state index contributed by atoms with van der Waals surface area (Å²) in [6.45, 7) is 0. The first-order valence-electron chi connectivity index (χ1n) is 6.00. The Kier molecular flexibility index (Phi) is 3.16. The topological polar surface area (TPSA) is 50.9 Å². The number of halogens is 2. The highest BCUT2D eigenvalue weighted by Crippen LogP contribution is 2.31. The molecule has 1 heterocycles. The Morgan fingerprint density at radius 3 is 2.80 bits per heavy atom. The molecule has 0 amide bonds. The molecule has 0 saturated carbocycles. The van der Waals surface area contributed by atoms with E-state index >= 15 is 0 Å². The van der Waals surface area contributed by atoms with E-state index in [1.54, 1.807) is 12.3 Å². The van der Waals surface area contributed by atoms with Crippen molar-refractivity contribution in [2.45, 2.75) is 0 Å². The van der Waals surface area contributed by atoms with Gasteiger partial charge in [0.1, 0.15) is 5.82 Å². The Labute approximate surface area is 120 Å². The van der Waals surface area contributed by atoms with Crippen LogP contribution in [0.25, 0.3) is 10.9 Å². The zero-order valence-corrected chi connectivity index (χ0v) is 11.2. The fraction of sp³-hybridized carbons (Fsp3) is 0. The lowest BCUT2D eigenvalue weighted by Crippen LogP contribution is -1.99. The number of anilines is 3. The van der Waals surface area contributed by atoms with Gasteiger partial charge in [0.05, 0.1) is 22.6 Å². The van der Waals surface area contributed by atoms with Crippen LogP contribution in [0.2, 0.25) is 5.02 Å². The van der Waals surface area contributed by atoms with Crippen LogP contribution >= 0.6 is 11.6 Å². The summed E-state index contributed by atoms with van der Waals surface area (Å²) in [5.41, 5.74) is 8.32. The first-order valence-corrected chi connectivity index (χ1v) is 6.38. The van der Waals surface area contributed by atoms with E-state index in [-0.39, 0.29) is 11.5 Å². The molecule has 0 saturated heterocycles. The molecule has 0 aliphatic heterocycles. The fourth-order valence-corrected chi connectivity index (χ4v) is 2.19. The van der Waals surface area contributed by atoms with E-state index in [1.807, 2.05) is 18.2 Å². The predicted molar refractivity (Wildman–Crippen MR) is 80.8 cm³/mol. The van der Waals surface area contributed by atoms with Crippen LogP contribution in [-0.2, 0) is 0 Å². The van der Waals surface area contributed by atoms with Gasteiger partial charge in [0.25, 0.3) is 0 Å².